The van der Waals surface area contributed by atoms with Crippen LogP contribution in [0.25, 0.3) is 0 Å². The van der Waals surface area contributed by atoms with Gasteiger partial charge >= 0.3 is 0 Å². The maximum Gasteiger partial charge on any atom is 0.251 e. The van der Waals surface area contributed by atoms with Crippen molar-refractivity contribution >= 4 is 23.2 Å². The van der Waals surface area contributed by atoms with Gasteiger partial charge in [-0.15, -0.1) is 11.3 Å². The summed E-state index contributed by atoms with van der Waals surface area (Å²) in [6.45, 7) is 9.92. The molecule has 0 bridgehead atoms. The fourth-order valence-corrected chi connectivity index (χ4v) is 3.99. The van der Waals surface area contributed by atoms with Crippen LogP contribution < -0.4 is 15.4 Å². The third kappa shape index (κ3) is 5.32. The highest BCUT2D eigenvalue weighted by Gasteiger charge is 2.26. The van der Waals surface area contributed by atoms with Crippen molar-refractivity contribution in [1.29, 1.82) is 0 Å². The highest BCUT2D eigenvalue weighted by atomic mass is 32.1. The van der Waals surface area contributed by atoms with E-state index in [0.29, 0.717) is 11.3 Å². The van der Waals surface area contributed by atoms with Gasteiger partial charge in [-0.1, -0.05) is 13.8 Å². The van der Waals surface area contributed by atoms with E-state index in [1.54, 1.807) is 42.7 Å². The number of hydrogen-bond acceptors (Lipinski definition) is 4. The van der Waals surface area contributed by atoms with E-state index >= 15 is 0 Å². The maximum atomic E-state index is 12.8. The van der Waals surface area contributed by atoms with E-state index in [4.69, 9.17) is 4.74 Å². The Morgan fingerprint density at radius 2 is 1.67 bits per heavy atom. The molecule has 1 heterocycles. The SMILES string of the molecule is COc1ccc(C(=O)N[C@@H](C(=O)N[C@@H](C)c2cc(C)sc2C)C(C)C)cc1. The summed E-state index contributed by atoms with van der Waals surface area (Å²) in [5.74, 6) is 0.189. The predicted molar refractivity (Wildman–Crippen MR) is 109 cm³/mol. The molecule has 2 aromatic rings. The van der Waals surface area contributed by atoms with Gasteiger partial charge in [-0.25, -0.2) is 0 Å². The van der Waals surface area contributed by atoms with Gasteiger partial charge in [0.05, 0.1) is 13.2 Å². The summed E-state index contributed by atoms with van der Waals surface area (Å²) in [4.78, 5) is 27.8. The molecular weight excluding hydrogens is 360 g/mol. The minimum atomic E-state index is -0.609. The molecule has 6 heteroatoms. The zero-order chi connectivity index (χ0) is 20.1. The molecule has 0 spiro atoms. The summed E-state index contributed by atoms with van der Waals surface area (Å²) in [5, 5.41) is 5.90. The molecule has 27 heavy (non-hydrogen) atoms. The Bertz CT molecular complexity index is 796. The van der Waals surface area contributed by atoms with Crippen LogP contribution in [0.5, 0.6) is 5.75 Å². The Morgan fingerprint density at radius 3 is 2.15 bits per heavy atom. The number of carbonyl (C=O) groups excluding carboxylic acids is 2. The second-order valence-corrected chi connectivity index (χ2v) is 8.48. The van der Waals surface area contributed by atoms with E-state index in [0.717, 1.165) is 5.56 Å². The van der Waals surface area contributed by atoms with E-state index in [1.807, 2.05) is 20.8 Å². The first-order valence-corrected chi connectivity index (χ1v) is 9.86. The van der Waals surface area contributed by atoms with Gasteiger partial charge in [0.1, 0.15) is 11.8 Å². The summed E-state index contributed by atoms with van der Waals surface area (Å²) in [6.07, 6.45) is 0. The average Bonchev–Trinajstić information content (AvgIpc) is 2.97. The van der Waals surface area contributed by atoms with Crippen LogP contribution in [0.15, 0.2) is 30.3 Å². The molecule has 0 unspecified atom stereocenters. The topological polar surface area (TPSA) is 67.4 Å². The molecule has 1 aromatic carbocycles. The molecule has 2 amide bonds. The normalized spacial score (nSPS) is 13.1. The van der Waals surface area contributed by atoms with Gasteiger partial charge in [0.25, 0.3) is 5.91 Å². The van der Waals surface area contributed by atoms with Gasteiger partial charge in [-0.2, -0.15) is 0 Å². The van der Waals surface area contributed by atoms with E-state index in [-0.39, 0.29) is 23.8 Å². The lowest BCUT2D eigenvalue weighted by Gasteiger charge is -2.24. The summed E-state index contributed by atoms with van der Waals surface area (Å²) in [6, 6.07) is 8.20. The fraction of sp³-hybridized carbons (Fsp3) is 0.429. The Morgan fingerprint density at radius 1 is 1.04 bits per heavy atom. The first-order chi connectivity index (χ1) is 12.7. The Balaban J connectivity index is 2.07. The van der Waals surface area contributed by atoms with Crippen molar-refractivity contribution in [1.82, 2.24) is 10.6 Å². The van der Waals surface area contributed by atoms with Gasteiger partial charge in [-0.3, -0.25) is 9.59 Å². The minimum absolute atomic E-state index is 0.0373. The van der Waals surface area contributed by atoms with Crippen LogP contribution in [0.4, 0.5) is 0 Å². The average molecular weight is 389 g/mol. The molecule has 0 radical (unpaired) electrons. The third-order valence-corrected chi connectivity index (χ3v) is 5.47. The van der Waals surface area contributed by atoms with Crippen molar-refractivity contribution in [3.8, 4) is 5.75 Å². The molecule has 2 atom stereocenters. The lowest BCUT2D eigenvalue weighted by Crippen LogP contribution is -2.50. The standard InChI is InChI=1S/C21H28N2O3S/c1-12(2)19(23-20(24)16-7-9-17(26-6)10-8-16)21(25)22-14(4)18-11-13(3)27-15(18)5/h7-12,14,19H,1-6H3,(H,22,25)(H,23,24)/t14-,19+/m0/s1. The van der Waals surface area contributed by atoms with Crippen LogP contribution in [0.2, 0.25) is 0 Å². The summed E-state index contributed by atoms with van der Waals surface area (Å²) < 4.78 is 5.11. The minimum Gasteiger partial charge on any atom is -0.497 e. The number of aryl methyl sites for hydroxylation is 2. The van der Waals surface area contributed by atoms with Crippen molar-refractivity contribution < 1.29 is 14.3 Å². The molecule has 2 rings (SSSR count). The van der Waals surface area contributed by atoms with Gasteiger partial charge in [0, 0.05) is 15.3 Å². The lowest BCUT2D eigenvalue weighted by molar-refractivity contribution is -0.124. The fourth-order valence-electron chi connectivity index (χ4n) is 2.96. The quantitative estimate of drug-likeness (QED) is 0.753. The molecule has 2 N–H and O–H groups in total. The van der Waals surface area contributed by atoms with Crippen LogP contribution in [0, 0.1) is 19.8 Å². The number of methoxy groups -OCH3 is 1. The maximum absolute atomic E-state index is 12.8. The number of hydrogen-bond donors (Lipinski definition) is 2. The van der Waals surface area contributed by atoms with Crippen LogP contribution >= 0.6 is 11.3 Å². The summed E-state index contributed by atoms with van der Waals surface area (Å²) in [5.41, 5.74) is 1.61. The van der Waals surface area contributed by atoms with E-state index in [1.165, 1.54) is 9.75 Å². The number of benzene rings is 1. The van der Waals surface area contributed by atoms with Crippen LogP contribution in [0.3, 0.4) is 0 Å². The second-order valence-electron chi connectivity index (χ2n) is 7.02. The Hall–Kier alpha value is -2.34. The van der Waals surface area contributed by atoms with Crippen LogP contribution in [-0.2, 0) is 4.79 Å². The highest BCUT2D eigenvalue weighted by Crippen LogP contribution is 2.26. The van der Waals surface area contributed by atoms with Crippen molar-refractivity contribution in [3.05, 3.63) is 51.2 Å². The van der Waals surface area contributed by atoms with Crippen molar-refractivity contribution in [2.24, 2.45) is 5.92 Å². The monoisotopic (exact) mass is 388 g/mol. The molecule has 0 fully saturated rings. The van der Waals surface area contributed by atoms with Crippen molar-refractivity contribution in [3.63, 3.8) is 0 Å². The largest absolute Gasteiger partial charge is 0.497 e. The molecule has 0 aliphatic heterocycles. The Labute approximate surface area is 165 Å². The van der Waals surface area contributed by atoms with Gasteiger partial charge in [0.2, 0.25) is 5.91 Å². The number of amides is 2. The van der Waals surface area contributed by atoms with Crippen molar-refractivity contribution in [2.45, 2.75) is 46.7 Å². The molecule has 1 aromatic heterocycles. The third-order valence-electron chi connectivity index (χ3n) is 4.49. The number of thiophene rings is 1. The van der Waals surface area contributed by atoms with E-state index in [9.17, 15) is 9.59 Å². The molecule has 146 valence electrons. The molecular formula is C21H28N2O3S. The number of ether oxygens (including phenoxy) is 1. The van der Waals surface area contributed by atoms with Gasteiger partial charge in [0.15, 0.2) is 0 Å². The number of carbonyl (C=O) groups is 2. The zero-order valence-electron chi connectivity index (χ0n) is 16.8. The highest BCUT2D eigenvalue weighted by molar-refractivity contribution is 7.12. The predicted octanol–water partition coefficient (Wildman–Crippen LogP) is 4.01. The first-order valence-electron chi connectivity index (χ1n) is 9.05. The van der Waals surface area contributed by atoms with E-state index < -0.39 is 6.04 Å². The molecule has 5 nitrogen and oxygen atoms in total. The molecule has 0 aliphatic carbocycles. The first kappa shape index (κ1) is 21.0. The molecule has 0 saturated heterocycles. The number of nitrogens with one attached hydrogen (secondary N) is 2. The zero-order valence-corrected chi connectivity index (χ0v) is 17.6. The smallest absolute Gasteiger partial charge is 0.251 e. The molecule has 0 saturated carbocycles. The van der Waals surface area contributed by atoms with Crippen molar-refractivity contribution in [2.75, 3.05) is 7.11 Å². The lowest BCUT2D eigenvalue weighted by atomic mass is 10.0. The summed E-state index contributed by atoms with van der Waals surface area (Å²) >= 11 is 1.72. The summed E-state index contributed by atoms with van der Waals surface area (Å²) in [7, 11) is 1.58. The number of rotatable bonds is 7. The van der Waals surface area contributed by atoms with E-state index in [2.05, 4.69) is 30.5 Å². The second kappa shape index (κ2) is 9.04. The van der Waals surface area contributed by atoms with Crippen LogP contribution in [-0.4, -0.2) is 25.0 Å². The van der Waals surface area contributed by atoms with Crippen LogP contribution in [0.1, 0.15) is 52.5 Å². The Kier molecular flexibility index (Phi) is 7.02. The molecule has 0 aliphatic rings. The van der Waals surface area contributed by atoms with Gasteiger partial charge in [-0.05, 0) is 62.6 Å². The van der Waals surface area contributed by atoms with Gasteiger partial charge < -0.3 is 15.4 Å².